The summed E-state index contributed by atoms with van der Waals surface area (Å²) < 4.78 is 16.4. The van der Waals surface area contributed by atoms with E-state index < -0.39 is 0 Å². The summed E-state index contributed by atoms with van der Waals surface area (Å²) in [6.45, 7) is 0. The van der Waals surface area contributed by atoms with E-state index in [-0.39, 0.29) is 5.82 Å². The highest BCUT2D eigenvalue weighted by molar-refractivity contribution is 9.10. The first-order valence-corrected chi connectivity index (χ1v) is 8.68. The van der Waals surface area contributed by atoms with E-state index in [1.165, 1.54) is 11.8 Å². The van der Waals surface area contributed by atoms with Crippen LogP contribution in [0.4, 0.5) is 4.39 Å². The van der Waals surface area contributed by atoms with Crippen molar-refractivity contribution < 1.29 is 4.39 Å². The van der Waals surface area contributed by atoms with Gasteiger partial charge in [0.15, 0.2) is 0 Å². The Morgan fingerprint density at radius 1 is 1.53 bits per heavy atom. The van der Waals surface area contributed by atoms with Crippen molar-refractivity contribution in [2.75, 3.05) is 17.4 Å². The van der Waals surface area contributed by atoms with Crippen LogP contribution in [0.25, 0.3) is 11.0 Å². The minimum atomic E-state index is -0.268. The van der Waals surface area contributed by atoms with Crippen LogP contribution in [0.2, 0.25) is 0 Å². The number of halogens is 3. The maximum absolute atomic E-state index is 13.6. The van der Waals surface area contributed by atoms with Gasteiger partial charge in [0.05, 0.1) is 15.5 Å². The van der Waals surface area contributed by atoms with Gasteiger partial charge in [0.1, 0.15) is 11.6 Å². The highest BCUT2D eigenvalue weighted by atomic mass is 79.9. The highest BCUT2D eigenvalue weighted by Crippen LogP contribution is 2.34. The molecule has 6 heteroatoms. The lowest BCUT2D eigenvalue weighted by Crippen LogP contribution is -2.12. The predicted octanol–water partition coefficient (Wildman–Crippen LogP) is 4.40. The van der Waals surface area contributed by atoms with Crippen LogP contribution in [0.15, 0.2) is 16.6 Å². The lowest BCUT2D eigenvalue weighted by molar-refractivity contribution is 0.552. The van der Waals surface area contributed by atoms with Crippen molar-refractivity contribution >= 4 is 50.3 Å². The molecule has 1 aromatic carbocycles. The molecule has 3 rings (SSSR count). The van der Waals surface area contributed by atoms with Crippen molar-refractivity contribution in [3.05, 3.63) is 28.2 Å². The highest BCUT2D eigenvalue weighted by Gasteiger charge is 2.23. The lowest BCUT2D eigenvalue weighted by Gasteiger charge is -2.15. The normalized spacial score (nSPS) is 19.4. The van der Waals surface area contributed by atoms with Gasteiger partial charge in [-0.25, -0.2) is 9.37 Å². The zero-order valence-electron chi connectivity index (χ0n) is 10.2. The second-order valence-corrected chi connectivity index (χ2v) is 6.99. The molecule has 1 unspecified atom stereocenters. The first kappa shape index (κ1) is 13.7. The van der Waals surface area contributed by atoms with E-state index in [0.717, 1.165) is 35.5 Å². The summed E-state index contributed by atoms with van der Waals surface area (Å²) in [5.41, 5.74) is 1.72. The molecule has 1 aliphatic rings. The molecular weight excluding hydrogens is 351 g/mol. The zero-order valence-corrected chi connectivity index (χ0v) is 13.4. The third-order valence-corrected chi connectivity index (χ3v) is 5.34. The molecule has 0 aliphatic carbocycles. The third kappa shape index (κ3) is 2.52. The maximum atomic E-state index is 13.6. The van der Waals surface area contributed by atoms with E-state index >= 15 is 0 Å². The van der Waals surface area contributed by atoms with Crippen LogP contribution in [0.1, 0.15) is 18.3 Å². The molecule has 0 radical (unpaired) electrons. The second-order valence-electron chi connectivity index (χ2n) is 4.61. The number of alkyl halides is 1. The molecule has 2 heterocycles. The maximum Gasteiger partial charge on any atom is 0.139 e. The molecular formula is C13H13BrClFN2S. The van der Waals surface area contributed by atoms with Crippen LogP contribution in [0, 0.1) is 5.82 Å². The molecule has 0 N–H and O–H groups in total. The van der Waals surface area contributed by atoms with Gasteiger partial charge >= 0.3 is 0 Å². The SMILES string of the molecule is Fc1cc2nc(CCCl)n(C3CCSC3)c2cc1Br. The standard InChI is InChI=1S/C13H13BrClFN2S/c14-9-5-12-11(6-10(9)16)17-13(1-3-15)18(12)8-2-4-19-7-8/h5-6,8H,1-4,7H2. The van der Waals surface area contributed by atoms with Crippen molar-refractivity contribution in [2.24, 2.45) is 0 Å². The molecule has 19 heavy (non-hydrogen) atoms. The van der Waals surface area contributed by atoms with E-state index in [4.69, 9.17) is 11.6 Å². The monoisotopic (exact) mass is 362 g/mol. The summed E-state index contributed by atoms with van der Waals surface area (Å²) in [6.07, 6.45) is 1.86. The van der Waals surface area contributed by atoms with Crippen LogP contribution in [-0.2, 0) is 6.42 Å². The van der Waals surface area contributed by atoms with Crippen LogP contribution in [0.5, 0.6) is 0 Å². The average Bonchev–Trinajstić information content (AvgIpc) is 2.98. The first-order chi connectivity index (χ1) is 9.20. The number of aromatic nitrogens is 2. The number of hydrogen-bond acceptors (Lipinski definition) is 2. The van der Waals surface area contributed by atoms with Crippen molar-refractivity contribution in [3.63, 3.8) is 0 Å². The van der Waals surface area contributed by atoms with E-state index in [1.54, 1.807) is 0 Å². The number of nitrogens with zero attached hydrogens (tertiary/aromatic N) is 2. The quantitative estimate of drug-likeness (QED) is 0.752. The first-order valence-electron chi connectivity index (χ1n) is 6.20. The zero-order chi connectivity index (χ0) is 13.4. The van der Waals surface area contributed by atoms with Gasteiger partial charge in [-0.1, -0.05) is 0 Å². The van der Waals surface area contributed by atoms with Crippen LogP contribution in [0.3, 0.4) is 0 Å². The Labute approximate surface area is 128 Å². The van der Waals surface area contributed by atoms with Gasteiger partial charge in [0.2, 0.25) is 0 Å². The summed E-state index contributed by atoms with van der Waals surface area (Å²) >= 11 is 11.1. The fourth-order valence-electron chi connectivity index (χ4n) is 2.53. The van der Waals surface area contributed by atoms with Crippen LogP contribution >= 0.6 is 39.3 Å². The molecule has 0 spiro atoms. The smallest absolute Gasteiger partial charge is 0.139 e. The van der Waals surface area contributed by atoms with Gasteiger partial charge in [0.25, 0.3) is 0 Å². The minimum absolute atomic E-state index is 0.268. The van der Waals surface area contributed by atoms with E-state index in [9.17, 15) is 4.39 Å². The number of imidazole rings is 1. The summed E-state index contributed by atoms with van der Waals surface area (Å²) in [6, 6.07) is 3.78. The van der Waals surface area contributed by atoms with Crippen molar-refractivity contribution in [1.29, 1.82) is 0 Å². The van der Waals surface area contributed by atoms with Crippen molar-refractivity contribution in [3.8, 4) is 0 Å². The van der Waals surface area contributed by atoms with Gasteiger partial charge in [-0.05, 0) is 34.2 Å². The largest absolute Gasteiger partial charge is 0.324 e. The molecule has 102 valence electrons. The Balaban J connectivity index is 2.19. The Bertz CT molecular complexity index is 610. The molecule has 1 fully saturated rings. The Kier molecular flexibility index (Phi) is 4.06. The summed E-state index contributed by atoms with van der Waals surface area (Å²) in [5.74, 6) is 3.50. The van der Waals surface area contributed by atoms with Gasteiger partial charge in [0, 0.05) is 30.2 Å². The molecule has 0 bridgehead atoms. The number of hydrogen-bond donors (Lipinski definition) is 0. The van der Waals surface area contributed by atoms with Crippen LogP contribution < -0.4 is 0 Å². The van der Waals surface area contributed by atoms with E-state index in [1.807, 2.05) is 17.8 Å². The summed E-state index contributed by atoms with van der Waals surface area (Å²) in [5, 5.41) is 0. The summed E-state index contributed by atoms with van der Waals surface area (Å²) in [7, 11) is 0. The molecule has 2 aromatic rings. The lowest BCUT2D eigenvalue weighted by atomic mass is 10.2. The fraction of sp³-hybridized carbons (Fsp3) is 0.462. The second kappa shape index (κ2) is 5.62. The van der Waals surface area contributed by atoms with Crippen molar-refractivity contribution in [1.82, 2.24) is 9.55 Å². The molecule has 1 atom stereocenters. The van der Waals surface area contributed by atoms with Crippen molar-refractivity contribution in [2.45, 2.75) is 18.9 Å². The van der Waals surface area contributed by atoms with E-state index in [2.05, 4.69) is 25.5 Å². The molecule has 1 aliphatic heterocycles. The topological polar surface area (TPSA) is 17.8 Å². The summed E-state index contributed by atoms with van der Waals surface area (Å²) in [4.78, 5) is 4.56. The third-order valence-electron chi connectivity index (χ3n) is 3.39. The van der Waals surface area contributed by atoms with Gasteiger partial charge < -0.3 is 4.57 Å². The van der Waals surface area contributed by atoms with Crippen LogP contribution in [-0.4, -0.2) is 26.9 Å². The number of rotatable bonds is 3. The van der Waals surface area contributed by atoms with Gasteiger partial charge in [-0.3, -0.25) is 0 Å². The number of aryl methyl sites for hydroxylation is 1. The Hall–Kier alpha value is -0.260. The number of thioether (sulfide) groups is 1. The van der Waals surface area contributed by atoms with Gasteiger partial charge in [-0.15, -0.1) is 11.6 Å². The Morgan fingerprint density at radius 2 is 2.37 bits per heavy atom. The number of benzene rings is 1. The minimum Gasteiger partial charge on any atom is -0.324 e. The number of fused-ring (bicyclic) bond motifs is 1. The average molecular weight is 364 g/mol. The Morgan fingerprint density at radius 3 is 3.05 bits per heavy atom. The fourth-order valence-corrected chi connectivity index (χ4v) is 4.23. The van der Waals surface area contributed by atoms with E-state index in [0.29, 0.717) is 16.4 Å². The molecule has 2 nitrogen and oxygen atoms in total. The molecule has 0 amide bonds. The molecule has 1 saturated heterocycles. The molecule has 1 aromatic heterocycles. The molecule has 0 saturated carbocycles. The predicted molar refractivity (Wildman–Crippen MR) is 82.8 cm³/mol. The van der Waals surface area contributed by atoms with Gasteiger partial charge in [-0.2, -0.15) is 11.8 Å².